The lowest BCUT2D eigenvalue weighted by Crippen LogP contribution is -2.28. The van der Waals surface area contributed by atoms with Gasteiger partial charge < -0.3 is 14.3 Å². The van der Waals surface area contributed by atoms with E-state index in [1.165, 1.54) is 6.92 Å². The van der Waals surface area contributed by atoms with E-state index >= 15 is 0 Å². The highest BCUT2D eigenvalue weighted by molar-refractivity contribution is 7.92. The van der Waals surface area contributed by atoms with Crippen LogP contribution in [-0.4, -0.2) is 32.3 Å². The van der Waals surface area contributed by atoms with Crippen molar-refractivity contribution in [3.05, 3.63) is 29.8 Å². The van der Waals surface area contributed by atoms with Crippen LogP contribution in [0.3, 0.4) is 0 Å². The van der Waals surface area contributed by atoms with Gasteiger partial charge in [0.2, 0.25) is 21.5 Å². The fourth-order valence-corrected chi connectivity index (χ4v) is 2.77. The number of anilines is 1. The molecule has 0 spiro atoms. The molecule has 0 amide bonds. The van der Waals surface area contributed by atoms with Crippen LogP contribution in [0.1, 0.15) is 13.8 Å². The van der Waals surface area contributed by atoms with Crippen LogP contribution < -0.4 is 9.04 Å². The zero-order chi connectivity index (χ0) is 18.9. The van der Waals surface area contributed by atoms with Gasteiger partial charge in [0.25, 0.3) is 5.88 Å². The Labute approximate surface area is 142 Å². The topological polar surface area (TPSA) is 97.1 Å². The number of halogens is 2. The molecule has 2 rings (SSSR count). The number of rotatable bonds is 5. The number of esters is 1. The Morgan fingerprint density at radius 3 is 2.56 bits per heavy atom. The lowest BCUT2D eigenvalue weighted by Gasteiger charge is -2.16. The molecule has 0 saturated heterocycles. The SMILES string of the molecule is CCS(=O)(=O)N(C)c1oc(-c2cc(F)ccc2F)c(O)c1OC(C)=O. The monoisotopic (exact) mass is 375 g/mol. The summed E-state index contributed by atoms with van der Waals surface area (Å²) in [6.07, 6.45) is 0. The van der Waals surface area contributed by atoms with Gasteiger partial charge in [0.05, 0.1) is 11.3 Å². The molecule has 0 aliphatic heterocycles. The molecule has 0 bridgehead atoms. The van der Waals surface area contributed by atoms with Gasteiger partial charge in [-0.25, -0.2) is 21.5 Å². The van der Waals surface area contributed by atoms with Gasteiger partial charge in [-0.1, -0.05) is 0 Å². The minimum absolute atomic E-state index is 0.311. The molecule has 0 atom stereocenters. The van der Waals surface area contributed by atoms with Crippen molar-refractivity contribution in [1.29, 1.82) is 0 Å². The van der Waals surface area contributed by atoms with Crippen LogP contribution in [0.5, 0.6) is 11.5 Å². The van der Waals surface area contributed by atoms with Crippen LogP contribution in [0, 0.1) is 11.6 Å². The van der Waals surface area contributed by atoms with E-state index in [1.54, 1.807) is 0 Å². The van der Waals surface area contributed by atoms with Gasteiger partial charge in [-0.2, -0.15) is 0 Å². The van der Waals surface area contributed by atoms with Crippen molar-refractivity contribution in [1.82, 2.24) is 0 Å². The molecule has 0 radical (unpaired) electrons. The number of carbonyl (C=O) groups is 1. The number of carbonyl (C=O) groups excluding carboxylic acids is 1. The average Bonchev–Trinajstić information content (AvgIpc) is 2.85. The van der Waals surface area contributed by atoms with Gasteiger partial charge in [0.1, 0.15) is 11.6 Å². The molecular formula is C15H15F2NO6S. The molecule has 0 aliphatic carbocycles. The standard InChI is InChI=1S/C15H15F2NO6S/c1-4-25(21,22)18(3)15-14(23-8(2)19)12(20)13(24-15)10-7-9(16)5-6-11(10)17/h5-7,20H,4H2,1-3H3. The van der Waals surface area contributed by atoms with Crippen LogP contribution in [0.4, 0.5) is 14.7 Å². The summed E-state index contributed by atoms with van der Waals surface area (Å²) in [6, 6.07) is 2.42. The van der Waals surface area contributed by atoms with Crippen LogP contribution in [0.2, 0.25) is 0 Å². The Balaban J connectivity index is 2.72. The Kier molecular flexibility index (Phi) is 5.02. The summed E-state index contributed by atoms with van der Waals surface area (Å²) >= 11 is 0. The Bertz CT molecular complexity index is 922. The number of aromatic hydroxyl groups is 1. The fraction of sp³-hybridized carbons (Fsp3) is 0.267. The van der Waals surface area contributed by atoms with Gasteiger partial charge in [-0.3, -0.25) is 4.79 Å². The quantitative estimate of drug-likeness (QED) is 0.807. The second-order valence-corrected chi connectivity index (χ2v) is 7.29. The number of nitrogens with zero attached hydrogens (tertiary/aromatic N) is 1. The third kappa shape index (κ3) is 3.58. The van der Waals surface area contributed by atoms with Crippen LogP contribution in [0.25, 0.3) is 11.3 Å². The minimum Gasteiger partial charge on any atom is -0.502 e. The molecule has 25 heavy (non-hydrogen) atoms. The highest BCUT2D eigenvalue weighted by Crippen LogP contribution is 2.48. The Morgan fingerprint density at radius 1 is 1.36 bits per heavy atom. The summed E-state index contributed by atoms with van der Waals surface area (Å²) in [4.78, 5) is 11.2. The van der Waals surface area contributed by atoms with Crippen molar-refractivity contribution in [3.8, 4) is 22.8 Å². The van der Waals surface area contributed by atoms with E-state index < -0.39 is 56.3 Å². The predicted molar refractivity (Wildman–Crippen MR) is 84.9 cm³/mol. The van der Waals surface area contributed by atoms with E-state index in [-0.39, 0.29) is 5.75 Å². The second-order valence-electron chi connectivity index (χ2n) is 5.00. The van der Waals surface area contributed by atoms with E-state index in [4.69, 9.17) is 9.15 Å². The van der Waals surface area contributed by atoms with Crippen LogP contribution in [-0.2, 0) is 14.8 Å². The van der Waals surface area contributed by atoms with E-state index in [1.807, 2.05) is 0 Å². The molecule has 136 valence electrons. The van der Waals surface area contributed by atoms with Gasteiger partial charge in [-0.15, -0.1) is 0 Å². The first kappa shape index (κ1) is 18.7. The molecule has 7 nitrogen and oxygen atoms in total. The molecule has 2 aromatic rings. The largest absolute Gasteiger partial charge is 0.502 e. The van der Waals surface area contributed by atoms with Gasteiger partial charge in [0.15, 0.2) is 5.76 Å². The number of benzene rings is 1. The first-order valence-electron chi connectivity index (χ1n) is 7.04. The lowest BCUT2D eigenvalue weighted by molar-refractivity contribution is -0.132. The van der Waals surface area contributed by atoms with Gasteiger partial charge in [0, 0.05) is 14.0 Å². The van der Waals surface area contributed by atoms with E-state index in [0.29, 0.717) is 4.31 Å². The molecule has 1 aromatic heterocycles. The molecule has 1 aromatic carbocycles. The molecule has 0 fully saturated rings. The molecule has 1 heterocycles. The molecule has 10 heteroatoms. The summed E-state index contributed by atoms with van der Waals surface area (Å²) in [5.74, 6) is -5.45. The molecular weight excluding hydrogens is 360 g/mol. The smallest absolute Gasteiger partial charge is 0.308 e. The van der Waals surface area contributed by atoms with Crippen LogP contribution >= 0.6 is 0 Å². The van der Waals surface area contributed by atoms with Crippen molar-refractivity contribution in [2.75, 3.05) is 17.1 Å². The van der Waals surface area contributed by atoms with Crippen molar-refractivity contribution < 1.29 is 36.3 Å². The van der Waals surface area contributed by atoms with E-state index in [9.17, 15) is 27.1 Å². The first-order valence-corrected chi connectivity index (χ1v) is 8.65. The number of hydrogen-bond donors (Lipinski definition) is 1. The number of furan rings is 1. The molecule has 0 saturated carbocycles. The summed E-state index contributed by atoms with van der Waals surface area (Å²) < 4.78 is 62.1. The molecule has 0 unspecified atom stereocenters. The molecule has 0 aliphatic rings. The zero-order valence-corrected chi connectivity index (χ0v) is 14.4. The zero-order valence-electron chi connectivity index (χ0n) is 13.5. The third-order valence-corrected chi connectivity index (χ3v) is 5.04. The maximum absolute atomic E-state index is 14.0. The van der Waals surface area contributed by atoms with Crippen molar-refractivity contribution in [2.45, 2.75) is 13.8 Å². The number of hydrogen-bond acceptors (Lipinski definition) is 6. The van der Waals surface area contributed by atoms with Crippen molar-refractivity contribution in [2.24, 2.45) is 0 Å². The number of sulfonamides is 1. The van der Waals surface area contributed by atoms with Crippen LogP contribution in [0.15, 0.2) is 22.6 Å². The maximum atomic E-state index is 14.0. The normalized spacial score (nSPS) is 11.4. The Morgan fingerprint density at radius 2 is 2.00 bits per heavy atom. The highest BCUT2D eigenvalue weighted by atomic mass is 32.2. The fourth-order valence-electron chi connectivity index (χ4n) is 2.01. The average molecular weight is 375 g/mol. The van der Waals surface area contributed by atoms with Gasteiger partial charge in [-0.05, 0) is 25.1 Å². The summed E-state index contributed by atoms with van der Waals surface area (Å²) in [6.45, 7) is 2.39. The van der Waals surface area contributed by atoms with Crippen molar-refractivity contribution in [3.63, 3.8) is 0 Å². The maximum Gasteiger partial charge on any atom is 0.308 e. The number of ether oxygens (including phenoxy) is 1. The van der Waals surface area contributed by atoms with Crippen molar-refractivity contribution >= 4 is 21.9 Å². The van der Waals surface area contributed by atoms with E-state index in [2.05, 4.69) is 0 Å². The Hall–Kier alpha value is -2.62. The third-order valence-electron chi connectivity index (χ3n) is 3.31. The molecule has 1 N–H and O–H groups in total. The summed E-state index contributed by atoms with van der Waals surface area (Å²) in [7, 11) is -2.74. The second kappa shape index (κ2) is 6.71. The summed E-state index contributed by atoms with van der Waals surface area (Å²) in [5.41, 5.74) is -0.459. The predicted octanol–water partition coefficient (Wildman–Crippen LogP) is 2.64. The van der Waals surface area contributed by atoms with E-state index in [0.717, 1.165) is 32.2 Å². The minimum atomic E-state index is -3.84. The summed E-state index contributed by atoms with van der Waals surface area (Å²) in [5, 5.41) is 10.2. The van der Waals surface area contributed by atoms with Gasteiger partial charge >= 0.3 is 5.97 Å². The highest BCUT2D eigenvalue weighted by Gasteiger charge is 2.32. The first-order chi connectivity index (χ1) is 11.6. The lowest BCUT2D eigenvalue weighted by atomic mass is 10.1.